The zero-order valence-electron chi connectivity index (χ0n) is 15.4. The van der Waals surface area contributed by atoms with Crippen LogP contribution < -0.4 is 15.4 Å². The number of nitrogens with one attached hydrogen (secondary N) is 2. The lowest BCUT2D eigenvalue weighted by Gasteiger charge is -2.14. The van der Waals surface area contributed by atoms with Crippen LogP contribution in [-0.4, -0.2) is 18.1 Å². The Balaban J connectivity index is 2.07. The number of carbonyl (C=O) groups is 1. The molecule has 0 heterocycles. The van der Waals surface area contributed by atoms with Gasteiger partial charge in [0, 0.05) is 10.2 Å². The molecule has 0 aliphatic carbocycles. The summed E-state index contributed by atoms with van der Waals surface area (Å²) in [6, 6.07) is 11.7. The highest BCUT2D eigenvalue weighted by atomic mass is 79.9. The maximum atomic E-state index is 12.6. The fourth-order valence-electron chi connectivity index (χ4n) is 2.63. The van der Waals surface area contributed by atoms with Crippen LogP contribution >= 0.6 is 28.1 Å². The van der Waals surface area contributed by atoms with Gasteiger partial charge >= 0.3 is 0 Å². The van der Waals surface area contributed by atoms with E-state index in [-0.39, 0.29) is 11.0 Å². The summed E-state index contributed by atoms with van der Waals surface area (Å²) in [5, 5.41) is 5.99. The molecule has 1 unspecified atom stereocenters. The molecule has 0 radical (unpaired) electrons. The van der Waals surface area contributed by atoms with E-state index in [1.807, 2.05) is 25.1 Å². The van der Waals surface area contributed by atoms with Crippen LogP contribution in [0.3, 0.4) is 0 Å². The van der Waals surface area contributed by atoms with Crippen molar-refractivity contribution < 1.29 is 9.53 Å². The van der Waals surface area contributed by atoms with Crippen molar-refractivity contribution in [1.29, 1.82) is 0 Å². The average Bonchev–Trinajstić information content (AvgIpc) is 2.60. The summed E-state index contributed by atoms with van der Waals surface area (Å²) in [4.78, 5) is 12.6. The van der Waals surface area contributed by atoms with Crippen molar-refractivity contribution in [3.63, 3.8) is 0 Å². The fraction of sp³-hybridized carbons (Fsp3) is 0.300. The Morgan fingerprint density at radius 3 is 2.50 bits per heavy atom. The summed E-state index contributed by atoms with van der Waals surface area (Å²) < 4.78 is 6.16. The van der Waals surface area contributed by atoms with Crippen LogP contribution in [-0.2, 0) is 0 Å². The van der Waals surface area contributed by atoms with E-state index in [2.05, 4.69) is 52.5 Å². The molecule has 138 valence electrons. The number of thiocarbonyl (C=S) groups is 1. The molecule has 0 bridgehead atoms. The first-order chi connectivity index (χ1) is 12.3. The Morgan fingerprint density at radius 1 is 1.27 bits per heavy atom. The summed E-state index contributed by atoms with van der Waals surface area (Å²) in [5.41, 5.74) is 3.41. The number of ether oxygens (including phenoxy) is 1. The van der Waals surface area contributed by atoms with Crippen LogP contribution in [0.5, 0.6) is 5.75 Å². The number of benzene rings is 2. The molecule has 2 rings (SSSR count). The summed E-state index contributed by atoms with van der Waals surface area (Å²) in [7, 11) is 1.54. The molecule has 0 spiro atoms. The minimum absolute atomic E-state index is 0.242. The minimum Gasteiger partial charge on any atom is -0.496 e. The van der Waals surface area contributed by atoms with Crippen LogP contribution in [0.2, 0.25) is 0 Å². The molecule has 6 heteroatoms. The molecule has 0 aliphatic heterocycles. The van der Waals surface area contributed by atoms with Crippen LogP contribution in [0.1, 0.15) is 47.7 Å². The summed E-state index contributed by atoms with van der Waals surface area (Å²) in [6.45, 7) is 6.25. The van der Waals surface area contributed by atoms with Gasteiger partial charge in [0.2, 0.25) is 0 Å². The third-order valence-electron chi connectivity index (χ3n) is 4.27. The van der Waals surface area contributed by atoms with Gasteiger partial charge in [-0.05, 0) is 66.9 Å². The van der Waals surface area contributed by atoms with E-state index in [9.17, 15) is 4.79 Å². The van der Waals surface area contributed by atoms with Crippen molar-refractivity contribution in [2.75, 3.05) is 12.4 Å². The van der Waals surface area contributed by atoms with Crippen LogP contribution in [0, 0.1) is 6.92 Å². The van der Waals surface area contributed by atoms with Crippen molar-refractivity contribution in [3.8, 4) is 5.75 Å². The van der Waals surface area contributed by atoms with Gasteiger partial charge in [0.15, 0.2) is 5.11 Å². The van der Waals surface area contributed by atoms with Crippen LogP contribution in [0.25, 0.3) is 0 Å². The predicted molar refractivity (Wildman–Crippen MR) is 114 cm³/mol. The average molecular weight is 435 g/mol. The van der Waals surface area contributed by atoms with Gasteiger partial charge in [-0.15, -0.1) is 0 Å². The van der Waals surface area contributed by atoms with E-state index < -0.39 is 0 Å². The molecule has 26 heavy (non-hydrogen) atoms. The second-order valence-corrected chi connectivity index (χ2v) is 7.47. The zero-order valence-corrected chi connectivity index (χ0v) is 17.8. The Bertz CT molecular complexity index is 806. The second kappa shape index (κ2) is 9.14. The van der Waals surface area contributed by atoms with E-state index in [0.717, 1.165) is 22.1 Å². The van der Waals surface area contributed by atoms with E-state index in [0.29, 0.717) is 17.2 Å². The number of hydrogen-bond donors (Lipinski definition) is 2. The number of hydrogen-bond acceptors (Lipinski definition) is 3. The molecule has 0 aromatic heterocycles. The van der Waals surface area contributed by atoms with Gasteiger partial charge in [0.1, 0.15) is 5.75 Å². The number of rotatable bonds is 5. The van der Waals surface area contributed by atoms with Gasteiger partial charge < -0.3 is 10.1 Å². The highest BCUT2D eigenvalue weighted by Crippen LogP contribution is 2.27. The van der Waals surface area contributed by atoms with Crippen molar-refractivity contribution in [2.24, 2.45) is 0 Å². The van der Waals surface area contributed by atoms with Gasteiger partial charge in [0.25, 0.3) is 5.91 Å². The van der Waals surface area contributed by atoms with Crippen molar-refractivity contribution in [2.45, 2.75) is 33.1 Å². The number of halogens is 1. The van der Waals surface area contributed by atoms with Crippen LogP contribution in [0.4, 0.5) is 5.69 Å². The minimum atomic E-state index is -0.319. The van der Waals surface area contributed by atoms with Gasteiger partial charge in [-0.25, -0.2) is 0 Å². The second-order valence-electron chi connectivity index (χ2n) is 6.14. The van der Waals surface area contributed by atoms with Gasteiger partial charge in [-0.2, -0.15) is 0 Å². The van der Waals surface area contributed by atoms with Gasteiger partial charge in [-0.3, -0.25) is 10.1 Å². The van der Waals surface area contributed by atoms with E-state index in [4.69, 9.17) is 17.0 Å². The molecule has 0 saturated carbocycles. The zero-order chi connectivity index (χ0) is 19.3. The highest BCUT2D eigenvalue weighted by Gasteiger charge is 2.16. The molecule has 2 aromatic rings. The lowest BCUT2D eigenvalue weighted by atomic mass is 9.99. The third kappa shape index (κ3) is 5.05. The molecule has 2 N–H and O–H groups in total. The molecular formula is C20H23BrN2O2S. The molecule has 0 fully saturated rings. The fourth-order valence-corrected chi connectivity index (χ4v) is 3.42. The topological polar surface area (TPSA) is 50.4 Å². The van der Waals surface area contributed by atoms with E-state index in [1.165, 1.54) is 5.56 Å². The molecule has 1 amide bonds. The lowest BCUT2D eigenvalue weighted by molar-refractivity contribution is 0.0974. The third-order valence-corrected chi connectivity index (χ3v) is 4.93. The largest absolute Gasteiger partial charge is 0.496 e. The molecule has 2 aromatic carbocycles. The van der Waals surface area contributed by atoms with E-state index >= 15 is 0 Å². The number of anilines is 1. The lowest BCUT2D eigenvalue weighted by Crippen LogP contribution is -2.34. The van der Waals surface area contributed by atoms with Crippen molar-refractivity contribution in [1.82, 2.24) is 5.32 Å². The number of carbonyl (C=O) groups excluding carboxylic acids is 1. The first-order valence-corrected chi connectivity index (χ1v) is 9.62. The normalized spacial score (nSPS) is 11.6. The maximum Gasteiger partial charge on any atom is 0.261 e. The Hall–Kier alpha value is -1.92. The monoisotopic (exact) mass is 434 g/mol. The SMILES string of the molecule is CCC(C)c1ccc(NC(=S)NC(=O)c2cc(Br)cc(C)c2OC)cc1. The standard InChI is InChI=1S/C20H23BrN2O2S/c1-5-12(2)14-6-8-16(9-7-14)22-20(26)23-19(24)17-11-15(21)10-13(3)18(17)25-4/h6-12H,5H2,1-4H3,(H2,22,23,24,26). The van der Waals surface area contributed by atoms with Gasteiger partial charge in [-0.1, -0.05) is 41.9 Å². The van der Waals surface area contributed by atoms with E-state index in [1.54, 1.807) is 13.2 Å². The molecule has 0 saturated heterocycles. The van der Waals surface area contributed by atoms with Gasteiger partial charge in [0.05, 0.1) is 12.7 Å². The summed E-state index contributed by atoms with van der Waals surface area (Å²) in [5.74, 6) is 0.731. The Morgan fingerprint density at radius 2 is 1.92 bits per heavy atom. The van der Waals surface area contributed by atoms with Crippen molar-refractivity contribution in [3.05, 3.63) is 57.6 Å². The van der Waals surface area contributed by atoms with Crippen molar-refractivity contribution >= 4 is 44.9 Å². The maximum absolute atomic E-state index is 12.6. The first kappa shape index (κ1) is 20.4. The molecule has 4 nitrogen and oxygen atoms in total. The Labute approximate surface area is 168 Å². The number of amides is 1. The molecular weight excluding hydrogens is 412 g/mol. The predicted octanol–water partition coefficient (Wildman–Crippen LogP) is 5.41. The smallest absolute Gasteiger partial charge is 0.261 e. The molecule has 0 aliphatic rings. The quantitative estimate of drug-likeness (QED) is 0.617. The summed E-state index contributed by atoms with van der Waals surface area (Å²) in [6.07, 6.45) is 1.09. The number of methoxy groups -OCH3 is 1. The summed E-state index contributed by atoms with van der Waals surface area (Å²) >= 11 is 8.67. The first-order valence-electron chi connectivity index (χ1n) is 8.42. The number of aryl methyl sites for hydroxylation is 1. The highest BCUT2D eigenvalue weighted by molar-refractivity contribution is 9.10. The van der Waals surface area contributed by atoms with Crippen LogP contribution in [0.15, 0.2) is 40.9 Å². The Kier molecular flexibility index (Phi) is 7.17. The molecule has 1 atom stereocenters.